The molecule has 0 bridgehead atoms. The van der Waals surface area contributed by atoms with Gasteiger partial charge in [-0.15, -0.1) is 0 Å². The molecule has 1 aliphatic heterocycles. The first kappa shape index (κ1) is 12.6. The molecule has 90 valence electrons. The number of nitrogens with one attached hydrogen (secondary N) is 1. The molecule has 1 N–H and O–H groups in total. The van der Waals surface area contributed by atoms with Gasteiger partial charge in [-0.25, -0.2) is 0 Å². The van der Waals surface area contributed by atoms with Crippen molar-refractivity contribution in [3.63, 3.8) is 0 Å². The fourth-order valence-corrected chi connectivity index (χ4v) is 5.09. The maximum atomic E-state index is 9.10. The van der Waals surface area contributed by atoms with Crippen LogP contribution < -0.4 is 5.32 Å². The summed E-state index contributed by atoms with van der Waals surface area (Å²) in [4.78, 5) is 0. The molecule has 1 aliphatic carbocycles. The molecule has 4 heteroatoms. The van der Waals surface area contributed by atoms with Crippen LogP contribution in [0.5, 0.6) is 0 Å². The van der Waals surface area contributed by atoms with Crippen LogP contribution in [0.2, 0.25) is 0 Å². The molecule has 16 heavy (non-hydrogen) atoms. The van der Waals surface area contributed by atoms with Crippen molar-refractivity contribution in [1.29, 1.82) is 5.26 Å². The Kier molecular flexibility index (Phi) is 5.34. The van der Waals surface area contributed by atoms with Crippen molar-refractivity contribution < 1.29 is 0 Å². The van der Waals surface area contributed by atoms with E-state index < -0.39 is 0 Å². The van der Waals surface area contributed by atoms with Crippen molar-refractivity contribution in [2.24, 2.45) is 5.92 Å². The molecule has 0 radical (unpaired) electrons. The highest BCUT2D eigenvalue weighted by atomic mass is 32.2. The smallest absolute Gasteiger partial charge is 0.0672 e. The minimum atomic E-state index is 0.259. The maximum Gasteiger partial charge on any atom is 0.0672 e. The van der Waals surface area contributed by atoms with Gasteiger partial charge in [0.2, 0.25) is 0 Å². The van der Waals surface area contributed by atoms with E-state index in [0.717, 1.165) is 18.2 Å². The van der Waals surface area contributed by atoms with Crippen LogP contribution in [0.15, 0.2) is 0 Å². The Morgan fingerprint density at radius 1 is 1.25 bits per heavy atom. The molecule has 2 aliphatic rings. The highest BCUT2D eigenvalue weighted by Gasteiger charge is 2.25. The topological polar surface area (TPSA) is 35.8 Å². The molecule has 0 amide bonds. The van der Waals surface area contributed by atoms with E-state index in [0.29, 0.717) is 6.04 Å². The van der Waals surface area contributed by atoms with Crippen molar-refractivity contribution in [2.75, 3.05) is 23.8 Å². The van der Waals surface area contributed by atoms with Gasteiger partial charge in [0.1, 0.15) is 0 Å². The van der Waals surface area contributed by atoms with E-state index in [1.165, 1.54) is 36.5 Å². The normalized spacial score (nSPS) is 35.6. The third kappa shape index (κ3) is 3.58. The molecule has 2 rings (SSSR count). The molecular weight excluding hydrogens is 236 g/mol. The summed E-state index contributed by atoms with van der Waals surface area (Å²) in [6, 6.07) is 2.93. The maximum absolute atomic E-state index is 9.10. The lowest BCUT2D eigenvalue weighted by molar-refractivity contribution is 0.314. The number of hydrogen-bond acceptors (Lipinski definition) is 4. The zero-order chi connectivity index (χ0) is 11.2. The van der Waals surface area contributed by atoms with Crippen LogP contribution in [0.25, 0.3) is 0 Å². The molecule has 0 aromatic heterocycles. The Balaban J connectivity index is 1.73. The summed E-state index contributed by atoms with van der Waals surface area (Å²) in [7, 11) is 0. The highest BCUT2D eigenvalue weighted by Crippen LogP contribution is 2.26. The van der Waals surface area contributed by atoms with Crippen molar-refractivity contribution in [3.8, 4) is 6.07 Å². The lowest BCUT2D eigenvalue weighted by Gasteiger charge is -2.30. The summed E-state index contributed by atoms with van der Waals surface area (Å²) in [6.45, 7) is 1.10. The molecule has 1 saturated carbocycles. The molecule has 3 unspecified atom stereocenters. The van der Waals surface area contributed by atoms with E-state index >= 15 is 0 Å². The number of thioether (sulfide) groups is 2. The van der Waals surface area contributed by atoms with Crippen LogP contribution >= 0.6 is 23.5 Å². The minimum absolute atomic E-state index is 0.259. The summed E-state index contributed by atoms with van der Waals surface area (Å²) in [6.07, 6.45) is 4.83. The van der Waals surface area contributed by atoms with E-state index in [1.807, 2.05) is 0 Å². The van der Waals surface area contributed by atoms with Gasteiger partial charge in [-0.3, -0.25) is 0 Å². The van der Waals surface area contributed by atoms with Gasteiger partial charge in [0.05, 0.1) is 12.0 Å². The van der Waals surface area contributed by atoms with Crippen molar-refractivity contribution >= 4 is 23.5 Å². The van der Waals surface area contributed by atoms with Gasteiger partial charge in [-0.1, -0.05) is 12.8 Å². The highest BCUT2D eigenvalue weighted by molar-refractivity contribution is 8.06. The van der Waals surface area contributed by atoms with E-state index in [9.17, 15) is 0 Å². The monoisotopic (exact) mass is 256 g/mol. The van der Waals surface area contributed by atoms with Gasteiger partial charge in [0, 0.05) is 35.1 Å². The van der Waals surface area contributed by atoms with Gasteiger partial charge >= 0.3 is 0 Å². The van der Waals surface area contributed by atoms with Gasteiger partial charge in [0.15, 0.2) is 0 Å². The van der Waals surface area contributed by atoms with Gasteiger partial charge in [0.25, 0.3) is 0 Å². The SMILES string of the molecule is N#CC1CCCCC1NCC1CSCCS1. The third-order valence-electron chi connectivity index (χ3n) is 3.42. The molecule has 0 aromatic rings. The lowest BCUT2D eigenvalue weighted by Crippen LogP contribution is -2.42. The van der Waals surface area contributed by atoms with Crippen LogP contribution in [0, 0.1) is 17.2 Å². The predicted molar refractivity (Wildman–Crippen MR) is 72.9 cm³/mol. The Hall–Kier alpha value is 0.150. The second kappa shape index (κ2) is 6.78. The summed E-state index contributed by atoms with van der Waals surface area (Å²) in [5.41, 5.74) is 0. The Bertz CT molecular complexity index is 246. The molecule has 0 aromatic carbocycles. The van der Waals surface area contributed by atoms with Crippen LogP contribution in [0.4, 0.5) is 0 Å². The average molecular weight is 256 g/mol. The molecule has 2 fully saturated rings. The fraction of sp³-hybridized carbons (Fsp3) is 0.917. The minimum Gasteiger partial charge on any atom is -0.312 e. The Morgan fingerprint density at radius 2 is 2.12 bits per heavy atom. The lowest BCUT2D eigenvalue weighted by atomic mass is 9.85. The number of rotatable bonds is 3. The fourth-order valence-electron chi connectivity index (χ4n) is 2.47. The van der Waals surface area contributed by atoms with Gasteiger partial charge < -0.3 is 5.32 Å². The van der Waals surface area contributed by atoms with Crippen molar-refractivity contribution in [2.45, 2.75) is 37.0 Å². The quantitative estimate of drug-likeness (QED) is 0.841. The standard InChI is InChI=1S/C12H20N2S2/c13-7-10-3-1-2-4-12(10)14-8-11-9-15-5-6-16-11/h10-12,14H,1-6,8-9H2. The van der Waals surface area contributed by atoms with Crippen molar-refractivity contribution in [1.82, 2.24) is 5.32 Å². The molecule has 1 saturated heterocycles. The Morgan fingerprint density at radius 3 is 2.88 bits per heavy atom. The molecule has 3 atom stereocenters. The van der Waals surface area contributed by atoms with Crippen LogP contribution in [-0.2, 0) is 0 Å². The van der Waals surface area contributed by atoms with E-state index in [1.54, 1.807) is 0 Å². The zero-order valence-corrected chi connectivity index (χ0v) is 11.3. The third-order valence-corrected chi connectivity index (χ3v) is 6.27. The first-order chi connectivity index (χ1) is 7.90. The molecule has 2 nitrogen and oxygen atoms in total. The summed E-state index contributed by atoms with van der Waals surface area (Å²) in [5.74, 6) is 4.14. The Labute approximate surface area is 107 Å². The number of hydrogen-bond donors (Lipinski definition) is 1. The van der Waals surface area contributed by atoms with Crippen LogP contribution in [0.1, 0.15) is 25.7 Å². The molecule has 0 spiro atoms. The van der Waals surface area contributed by atoms with E-state index in [-0.39, 0.29) is 5.92 Å². The van der Waals surface area contributed by atoms with E-state index in [2.05, 4.69) is 34.9 Å². The number of nitrogens with zero attached hydrogens (tertiary/aromatic N) is 1. The summed E-state index contributed by atoms with van der Waals surface area (Å²) >= 11 is 4.16. The molecular formula is C12H20N2S2. The van der Waals surface area contributed by atoms with Gasteiger partial charge in [-0.05, 0) is 12.8 Å². The second-order valence-corrected chi connectivity index (χ2v) is 7.16. The largest absolute Gasteiger partial charge is 0.312 e. The number of nitriles is 1. The first-order valence-electron chi connectivity index (χ1n) is 6.22. The van der Waals surface area contributed by atoms with Gasteiger partial charge in [-0.2, -0.15) is 28.8 Å². The van der Waals surface area contributed by atoms with E-state index in [4.69, 9.17) is 5.26 Å². The van der Waals surface area contributed by atoms with Crippen molar-refractivity contribution in [3.05, 3.63) is 0 Å². The average Bonchev–Trinajstić information content (AvgIpc) is 2.38. The first-order valence-corrected chi connectivity index (χ1v) is 8.43. The van der Waals surface area contributed by atoms with Crippen LogP contribution in [0.3, 0.4) is 0 Å². The summed E-state index contributed by atoms with van der Waals surface area (Å²) < 4.78 is 0. The van der Waals surface area contributed by atoms with Crippen LogP contribution in [-0.4, -0.2) is 35.1 Å². The summed E-state index contributed by atoms with van der Waals surface area (Å²) in [5, 5.41) is 13.5. The zero-order valence-electron chi connectivity index (χ0n) is 9.65. The molecule has 1 heterocycles. The predicted octanol–water partition coefficient (Wildman–Crippen LogP) is 2.51. The second-order valence-electron chi connectivity index (χ2n) is 4.60.